The predicted molar refractivity (Wildman–Crippen MR) is 73.5 cm³/mol. The highest BCUT2D eigenvalue weighted by Gasteiger charge is 2.07. The molecule has 0 spiro atoms. The fourth-order valence-electron chi connectivity index (χ4n) is 1.81. The molecule has 0 fully saturated rings. The number of hydrogen-bond donors (Lipinski definition) is 0. The van der Waals surface area contributed by atoms with Crippen LogP contribution in [-0.4, -0.2) is 7.11 Å². The van der Waals surface area contributed by atoms with E-state index in [4.69, 9.17) is 4.74 Å². The van der Waals surface area contributed by atoms with Crippen LogP contribution in [0.1, 0.15) is 50.7 Å². The Morgan fingerprint density at radius 1 is 1.24 bits per heavy atom. The van der Waals surface area contributed by atoms with Crippen LogP contribution in [0.3, 0.4) is 0 Å². The van der Waals surface area contributed by atoms with Gasteiger partial charge in [-0.3, -0.25) is 0 Å². The number of methoxy groups -OCH3 is 1. The third kappa shape index (κ3) is 4.15. The van der Waals surface area contributed by atoms with Gasteiger partial charge in [0.1, 0.15) is 5.75 Å². The third-order valence-electron chi connectivity index (χ3n) is 2.76. The van der Waals surface area contributed by atoms with E-state index in [1.165, 1.54) is 11.1 Å². The predicted octanol–water partition coefficient (Wildman–Crippen LogP) is 4.16. The highest BCUT2D eigenvalue weighted by atomic mass is 16.5. The van der Waals surface area contributed by atoms with E-state index in [2.05, 4.69) is 50.8 Å². The van der Waals surface area contributed by atoms with Gasteiger partial charge in [0, 0.05) is 12.8 Å². The van der Waals surface area contributed by atoms with Crippen LogP contribution in [0.25, 0.3) is 0 Å². The van der Waals surface area contributed by atoms with E-state index >= 15 is 0 Å². The van der Waals surface area contributed by atoms with Gasteiger partial charge in [0.25, 0.3) is 0 Å². The molecule has 1 heteroatoms. The molecule has 0 unspecified atom stereocenters. The summed E-state index contributed by atoms with van der Waals surface area (Å²) in [5.41, 5.74) is 2.63. The van der Waals surface area contributed by atoms with E-state index in [0.29, 0.717) is 5.92 Å². The molecule has 1 aromatic carbocycles. The summed E-state index contributed by atoms with van der Waals surface area (Å²) < 4.78 is 5.38. The number of aryl methyl sites for hydroxylation is 1. The average Bonchev–Trinajstić information content (AvgIpc) is 2.34. The normalized spacial score (nSPS) is 9.94. The summed E-state index contributed by atoms with van der Waals surface area (Å²) in [4.78, 5) is 0. The largest absolute Gasteiger partial charge is 0.496 e. The molecular weight excluding hydrogens is 208 g/mol. The first-order valence-corrected chi connectivity index (χ1v) is 6.31. The summed E-state index contributed by atoms with van der Waals surface area (Å²) >= 11 is 0. The van der Waals surface area contributed by atoms with Gasteiger partial charge in [-0.1, -0.05) is 32.9 Å². The second-order valence-corrected chi connectivity index (χ2v) is 4.44. The van der Waals surface area contributed by atoms with Crippen molar-refractivity contribution in [3.63, 3.8) is 0 Å². The molecule has 0 atom stereocenters. The van der Waals surface area contributed by atoms with Crippen molar-refractivity contribution in [2.75, 3.05) is 7.11 Å². The van der Waals surface area contributed by atoms with Crippen molar-refractivity contribution in [3.05, 3.63) is 29.3 Å². The van der Waals surface area contributed by atoms with Crippen molar-refractivity contribution in [3.8, 4) is 17.6 Å². The molecule has 1 nitrogen and oxygen atoms in total. The van der Waals surface area contributed by atoms with E-state index < -0.39 is 0 Å². The molecule has 0 aliphatic carbocycles. The zero-order chi connectivity index (χ0) is 12.7. The summed E-state index contributed by atoms with van der Waals surface area (Å²) in [6.45, 7) is 6.47. The Hall–Kier alpha value is -1.42. The number of ether oxygens (including phenoxy) is 1. The Bertz CT molecular complexity index is 407. The molecule has 0 N–H and O–H groups in total. The second kappa shape index (κ2) is 7.01. The fraction of sp³-hybridized carbons (Fsp3) is 0.500. The molecule has 92 valence electrons. The van der Waals surface area contributed by atoms with E-state index in [0.717, 1.165) is 25.0 Å². The number of benzene rings is 1. The molecule has 0 bridgehead atoms. The molecule has 0 amide bonds. The van der Waals surface area contributed by atoms with Gasteiger partial charge in [0.15, 0.2) is 0 Å². The van der Waals surface area contributed by atoms with E-state index in [1.54, 1.807) is 7.11 Å². The SMILES string of the molecule is CCC#CCCc1ccc(OC)c(C(C)C)c1. The average molecular weight is 230 g/mol. The highest BCUT2D eigenvalue weighted by molar-refractivity contribution is 5.39. The van der Waals surface area contributed by atoms with Crippen molar-refractivity contribution in [2.24, 2.45) is 0 Å². The Labute approximate surface area is 105 Å². The molecule has 0 radical (unpaired) electrons. The van der Waals surface area contributed by atoms with E-state index in [-0.39, 0.29) is 0 Å². The summed E-state index contributed by atoms with van der Waals surface area (Å²) in [6.07, 6.45) is 2.91. The van der Waals surface area contributed by atoms with Crippen LogP contribution >= 0.6 is 0 Å². The first kappa shape index (κ1) is 13.6. The van der Waals surface area contributed by atoms with Crippen LogP contribution < -0.4 is 4.74 Å². The number of hydrogen-bond acceptors (Lipinski definition) is 1. The van der Waals surface area contributed by atoms with Gasteiger partial charge in [0.05, 0.1) is 7.11 Å². The quantitative estimate of drug-likeness (QED) is 0.706. The zero-order valence-corrected chi connectivity index (χ0v) is 11.3. The molecule has 17 heavy (non-hydrogen) atoms. The lowest BCUT2D eigenvalue weighted by Crippen LogP contribution is -1.96. The summed E-state index contributed by atoms with van der Waals surface area (Å²) in [5, 5.41) is 0. The molecule has 0 saturated heterocycles. The first-order valence-electron chi connectivity index (χ1n) is 6.31. The first-order chi connectivity index (χ1) is 8.19. The van der Waals surface area contributed by atoms with Crippen LogP contribution in [0.2, 0.25) is 0 Å². The van der Waals surface area contributed by atoms with Crippen LogP contribution in [-0.2, 0) is 6.42 Å². The lowest BCUT2D eigenvalue weighted by molar-refractivity contribution is 0.407. The van der Waals surface area contributed by atoms with Crippen LogP contribution in [0.4, 0.5) is 0 Å². The molecule has 1 aromatic rings. The smallest absolute Gasteiger partial charge is 0.122 e. The molecule has 0 saturated carbocycles. The maximum Gasteiger partial charge on any atom is 0.122 e. The van der Waals surface area contributed by atoms with Gasteiger partial charge in [0.2, 0.25) is 0 Å². The van der Waals surface area contributed by atoms with Gasteiger partial charge in [-0.25, -0.2) is 0 Å². The van der Waals surface area contributed by atoms with Gasteiger partial charge < -0.3 is 4.74 Å². The van der Waals surface area contributed by atoms with Gasteiger partial charge >= 0.3 is 0 Å². The lowest BCUT2D eigenvalue weighted by Gasteiger charge is -2.13. The molecule has 0 aromatic heterocycles. The third-order valence-corrected chi connectivity index (χ3v) is 2.76. The minimum absolute atomic E-state index is 0.492. The van der Waals surface area contributed by atoms with Crippen molar-refractivity contribution in [2.45, 2.75) is 46.0 Å². The minimum Gasteiger partial charge on any atom is -0.496 e. The maximum atomic E-state index is 5.38. The lowest BCUT2D eigenvalue weighted by atomic mass is 9.98. The fourth-order valence-corrected chi connectivity index (χ4v) is 1.81. The van der Waals surface area contributed by atoms with Crippen molar-refractivity contribution >= 4 is 0 Å². The molecule has 0 heterocycles. The van der Waals surface area contributed by atoms with Gasteiger partial charge in [-0.05, 0) is 29.5 Å². The van der Waals surface area contributed by atoms with Crippen LogP contribution in [0, 0.1) is 11.8 Å². The highest BCUT2D eigenvalue weighted by Crippen LogP contribution is 2.27. The Morgan fingerprint density at radius 2 is 2.00 bits per heavy atom. The zero-order valence-electron chi connectivity index (χ0n) is 11.3. The summed E-state index contributed by atoms with van der Waals surface area (Å²) in [6, 6.07) is 6.45. The molecular formula is C16H22O. The topological polar surface area (TPSA) is 9.23 Å². The molecule has 0 aliphatic heterocycles. The maximum absolute atomic E-state index is 5.38. The van der Waals surface area contributed by atoms with Crippen molar-refractivity contribution < 1.29 is 4.74 Å². The van der Waals surface area contributed by atoms with Gasteiger partial charge in [-0.2, -0.15) is 0 Å². The van der Waals surface area contributed by atoms with Gasteiger partial charge in [-0.15, -0.1) is 11.8 Å². The molecule has 1 rings (SSSR count). The van der Waals surface area contributed by atoms with Crippen LogP contribution in [0.5, 0.6) is 5.75 Å². The molecule has 0 aliphatic rings. The second-order valence-electron chi connectivity index (χ2n) is 4.44. The Balaban J connectivity index is 2.78. The summed E-state index contributed by atoms with van der Waals surface area (Å²) in [7, 11) is 1.73. The standard InChI is InChI=1S/C16H22O/c1-5-6-7-8-9-14-10-11-16(17-4)15(12-14)13(2)3/h10-13H,5,8-9H2,1-4H3. The van der Waals surface area contributed by atoms with Crippen molar-refractivity contribution in [1.29, 1.82) is 0 Å². The van der Waals surface area contributed by atoms with Crippen LogP contribution in [0.15, 0.2) is 18.2 Å². The van der Waals surface area contributed by atoms with E-state index in [1.807, 2.05) is 0 Å². The monoisotopic (exact) mass is 230 g/mol. The van der Waals surface area contributed by atoms with E-state index in [9.17, 15) is 0 Å². The summed E-state index contributed by atoms with van der Waals surface area (Å²) in [5.74, 6) is 7.76. The van der Waals surface area contributed by atoms with Crippen molar-refractivity contribution in [1.82, 2.24) is 0 Å². The minimum atomic E-state index is 0.492. The number of rotatable bonds is 4. The Kier molecular flexibility index (Phi) is 5.63. The Morgan fingerprint density at radius 3 is 2.59 bits per heavy atom.